The number of nitrogens with one attached hydrogen (secondary N) is 1. The van der Waals surface area contributed by atoms with Crippen LogP contribution in [0, 0.1) is 5.41 Å². The van der Waals surface area contributed by atoms with E-state index >= 15 is 0 Å². The van der Waals surface area contributed by atoms with Crippen LogP contribution in [-0.2, 0) is 9.59 Å². The molecule has 20 heavy (non-hydrogen) atoms. The molecule has 6 nitrogen and oxygen atoms in total. The van der Waals surface area contributed by atoms with E-state index in [1.54, 1.807) is 0 Å². The molecule has 2 aliphatic heterocycles. The standard InChI is InChI=1S/C14H21N3O3/c18-11-14(7-3-1-4-8-14)12(19)17(13(20)15-11)16-9-5-2-6-10-16/h1-10H2,(H,15,18,20). The third-order valence-corrected chi connectivity index (χ3v) is 4.77. The highest BCUT2D eigenvalue weighted by Crippen LogP contribution is 2.40. The summed E-state index contributed by atoms with van der Waals surface area (Å²) in [5, 5.41) is 5.43. The van der Waals surface area contributed by atoms with E-state index in [-0.39, 0.29) is 11.8 Å². The van der Waals surface area contributed by atoms with Crippen molar-refractivity contribution < 1.29 is 14.4 Å². The van der Waals surface area contributed by atoms with Crippen molar-refractivity contribution in [3.05, 3.63) is 0 Å². The number of imide groups is 2. The minimum Gasteiger partial charge on any atom is -0.275 e. The number of hydrogen-bond acceptors (Lipinski definition) is 4. The molecule has 1 aliphatic carbocycles. The quantitative estimate of drug-likeness (QED) is 0.737. The predicted molar refractivity (Wildman–Crippen MR) is 71.3 cm³/mol. The first kappa shape index (κ1) is 13.5. The number of nitrogens with zero attached hydrogens (tertiary/aromatic N) is 2. The van der Waals surface area contributed by atoms with Gasteiger partial charge < -0.3 is 0 Å². The number of urea groups is 1. The number of barbiturate groups is 1. The Kier molecular flexibility index (Phi) is 3.50. The molecule has 0 aromatic heterocycles. The summed E-state index contributed by atoms with van der Waals surface area (Å²) in [7, 11) is 0. The molecule has 0 atom stereocenters. The Labute approximate surface area is 118 Å². The lowest BCUT2D eigenvalue weighted by atomic mass is 9.71. The summed E-state index contributed by atoms with van der Waals surface area (Å²) in [5.41, 5.74) is -0.996. The summed E-state index contributed by atoms with van der Waals surface area (Å²) in [5.74, 6) is -0.687. The third-order valence-electron chi connectivity index (χ3n) is 4.77. The normalized spacial score (nSPS) is 27.8. The molecule has 110 valence electrons. The van der Waals surface area contributed by atoms with Crippen molar-refractivity contribution >= 4 is 17.8 Å². The molecule has 2 saturated heterocycles. The number of hydrazine groups is 1. The highest BCUT2D eigenvalue weighted by molar-refractivity contribution is 6.18. The topological polar surface area (TPSA) is 69.7 Å². The van der Waals surface area contributed by atoms with Crippen LogP contribution in [-0.4, -0.2) is 41.0 Å². The van der Waals surface area contributed by atoms with Crippen LogP contribution in [0.2, 0.25) is 0 Å². The van der Waals surface area contributed by atoms with Crippen LogP contribution in [0.1, 0.15) is 51.4 Å². The molecule has 6 heteroatoms. The molecule has 0 aromatic rings. The van der Waals surface area contributed by atoms with Crippen molar-refractivity contribution in [3.63, 3.8) is 0 Å². The van der Waals surface area contributed by atoms with Crippen LogP contribution >= 0.6 is 0 Å². The number of carbonyl (C=O) groups is 3. The molecule has 3 rings (SSSR count). The molecule has 0 radical (unpaired) electrons. The van der Waals surface area contributed by atoms with E-state index in [9.17, 15) is 14.4 Å². The first-order valence-electron chi connectivity index (χ1n) is 7.60. The van der Waals surface area contributed by atoms with Crippen molar-refractivity contribution in [3.8, 4) is 0 Å². The molecule has 0 aromatic carbocycles. The summed E-state index contributed by atoms with van der Waals surface area (Å²) < 4.78 is 0. The first-order valence-corrected chi connectivity index (χ1v) is 7.60. The highest BCUT2D eigenvalue weighted by Gasteiger charge is 2.55. The van der Waals surface area contributed by atoms with E-state index in [4.69, 9.17) is 0 Å². The van der Waals surface area contributed by atoms with Gasteiger partial charge in [-0.1, -0.05) is 25.7 Å². The fraction of sp³-hybridized carbons (Fsp3) is 0.786. The van der Waals surface area contributed by atoms with Gasteiger partial charge >= 0.3 is 6.03 Å². The number of rotatable bonds is 1. The molecular weight excluding hydrogens is 258 g/mol. The predicted octanol–water partition coefficient (Wildman–Crippen LogP) is 1.42. The van der Waals surface area contributed by atoms with Gasteiger partial charge in [-0.05, 0) is 25.7 Å². The van der Waals surface area contributed by atoms with Gasteiger partial charge in [0, 0.05) is 13.1 Å². The Morgan fingerprint density at radius 3 is 2.10 bits per heavy atom. The summed E-state index contributed by atoms with van der Waals surface area (Å²) >= 11 is 0. The van der Waals surface area contributed by atoms with Gasteiger partial charge in [-0.3, -0.25) is 14.9 Å². The van der Waals surface area contributed by atoms with Crippen LogP contribution in [0.25, 0.3) is 0 Å². The minimum atomic E-state index is -0.996. The summed E-state index contributed by atoms with van der Waals surface area (Å²) in [6.45, 7) is 1.42. The molecule has 0 bridgehead atoms. The van der Waals surface area contributed by atoms with E-state index in [2.05, 4.69) is 5.32 Å². The molecule has 1 saturated carbocycles. The van der Waals surface area contributed by atoms with Crippen molar-refractivity contribution in [2.75, 3.05) is 13.1 Å². The number of carbonyl (C=O) groups excluding carboxylic acids is 3. The van der Waals surface area contributed by atoms with Gasteiger partial charge in [-0.2, -0.15) is 5.01 Å². The number of hydrogen-bond donors (Lipinski definition) is 1. The Balaban J connectivity index is 1.88. The van der Waals surface area contributed by atoms with Gasteiger partial charge in [0.1, 0.15) is 5.41 Å². The molecule has 3 aliphatic rings. The molecule has 1 spiro atoms. The van der Waals surface area contributed by atoms with Crippen LogP contribution in [0.15, 0.2) is 0 Å². The van der Waals surface area contributed by atoms with Crippen LogP contribution in [0.5, 0.6) is 0 Å². The van der Waals surface area contributed by atoms with Crippen LogP contribution < -0.4 is 5.32 Å². The molecular formula is C14H21N3O3. The van der Waals surface area contributed by atoms with E-state index in [1.807, 2.05) is 5.01 Å². The Hall–Kier alpha value is -1.43. The minimum absolute atomic E-state index is 0.298. The molecule has 0 unspecified atom stereocenters. The third kappa shape index (κ3) is 2.02. The summed E-state index contributed by atoms with van der Waals surface area (Å²) in [4.78, 5) is 37.1. The lowest BCUT2D eigenvalue weighted by Gasteiger charge is -2.45. The first-order chi connectivity index (χ1) is 9.65. The lowest BCUT2D eigenvalue weighted by Crippen LogP contribution is -2.68. The lowest BCUT2D eigenvalue weighted by molar-refractivity contribution is -0.166. The average molecular weight is 279 g/mol. The second-order valence-corrected chi connectivity index (χ2v) is 6.03. The Bertz CT molecular complexity index is 437. The van der Waals surface area contributed by atoms with Crippen LogP contribution in [0.3, 0.4) is 0 Å². The molecule has 2 heterocycles. The number of amides is 4. The maximum Gasteiger partial charge on any atom is 0.345 e. The van der Waals surface area contributed by atoms with E-state index in [0.717, 1.165) is 38.5 Å². The SMILES string of the molecule is O=C1NC(=O)C2(CCCCC2)C(=O)N1N1CCCCC1. The smallest absolute Gasteiger partial charge is 0.275 e. The van der Waals surface area contributed by atoms with Crippen molar-refractivity contribution in [1.82, 2.24) is 15.3 Å². The van der Waals surface area contributed by atoms with Gasteiger partial charge in [-0.15, -0.1) is 0 Å². The largest absolute Gasteiger partial charge is 0.345 e. The van der Waals surface area contributed by atoms with E-state index in [0.29, 0.717) is 25.9 Å². The van der Waals surface area contributed by atoms with Crippen molar-refractivity contribution in [1.29, 1.82) is 0 Å². The van der Waals surface area contributed by atoms with Gasteiger partial charge in [0.05, 0.1) is 0 Å². The second-order valence-electron chi connectivity index (χ2n) is 6.03. The van der Waals surface area contributed by atoms with Gasteiger partial charge in [0.15, 0.2) is 0 Å². The van der Waals surface area contributed by atoms with Gasteiger partial charge in [0.25, 0.3) is 5.91 Å². The maximum atomic E-state index is 12.8. The van der Waals surface area contributed by atoms with E-state index in [1.165, 1.54) is 5.01 Å². The summed E-state index contributed by atoms with van der Waals surface area (Å²) in [6, 6.07) is -0.571. The van der Waals surface area contributed by atoms with Crippen molar-refractivity contribution in [2.45, 2.75) is 51.4 Å². The Morgan fingerprint density at radius 1 is 0.850 bits per heavy atom. The zero-order chi connectivity index (χ0) is 14.2. The Morgan fingerprint density at radius 2 is 1.45 bits per heavy atom. The zero-order valence-electron chi connectivity index (χ0n) is 11.7. The molecule has 4 amide bonds. The van der Waals surface area contributed by atoms with Crippen LogP contribution in [0.4, 0.5) is 4.79 Å². The second kappa shape index (κ2) is 5.16. The number of piperidine rings is 1. The van der Waals surface area contributed by atoms with E-state index < -0.39 is 11.4 Å². The van der Waals surface area contributed by atoms with Gasteiger partial charge in [0.2, 0.25) is 5.91 Å². The average Bonchev–Trinajstić information content (AvgIpc) is 2.48. The fourth-order valence-electron chi connectivity index (χ4n) is 3.59. The van der Waals surface area contributed by atoms with Gasteiger partial charge in [-0.25, -0.2) is 9.80 Å². The maximum absolute atomic E-state index is 12.8. The summed E-state index contributed by atoms with van der Waals surface area (Å²) in [6.07, 6.45) is 7.03. The fourth-order valence-corrected chi connectivity index (χ4v) is 3.59. The molecule has 3 fully saturated rings. The monoisotopic (exact) mass is 279 g/mol. The van der Waals surface area contributed by atoms with Crippen molar-refractivity contribution in [2.24, 2.45) is 5.41 Å². The highest BCUT2D eigenvalue weighted by atomic mass is 16.2. The zero-order valence-corrected chi connectivity index (χ0v) is 11.7. The molecule has 1 N–H and O–H groups in total.